The van der Waals surface area contributed by atoms with Crippen molar-refractivity contribution in [2.75, 3.05) is 0 Å². The van der Waals surface area contributed by atoms with Crippen molar-refractivity contribution < 1.29 is 18.3 Å². The van der Waals surface area contributed by atoms with Crippen molar-refractivity contribution in [3.63, 3.8) is 0 Å². The van der Waals surface area contributed by atoms with Crippen molar-refractivity contribution in [2.24, 2.45) is 0 Å². The summed E-state index contributed by atoms with van der Waals surface area (Å²) in [7, 11) is 0. The van der Waals surface area contributed by atoms with Gasteiger partial charge in [0, 0.05) is 20.2 Å². The Hall–Kier alpha value is -1.46. The van der Waals surface area contributed by atoms with Gasteiger partial charge in [0.1, 0.15) is 5.75 Å². The summed E-state index contributed by atoms with van der Waals surface area (Å²) in [5.74, 6) is 0.0844. The molecule has 0 fully saturated rings. The summed E-state index contributed by atoms with van der Waals surface area (Å²) in [5.41, 5.74) is -0.838. The van der Waals surface area contributed by atoms with Crippen molar-refractivity contribution in [1.82, 2.24) is 0 Å². The maximum absolute atomic E-state index is 12.8. The Kier molecular flexibility index (Phi) is 2.66. The van der Waals surface area contributed by atoms with Crippen LogP contribution < -0.4 is 0 Å². The van der Waals surface area contributed by atoms with Crippen molar-refractivity contribution in [1.29, 1.82) is 0 Å². The predicted molar refractivity (Wildman–Crippen MR) is 71.0 cm³/mol. The number of rotatable bonds is 0. The maximum atomic E-state index is 12.8. The second kappa shape index (κ2) is 4.02. The van der Waals surface area contributed by atoms with Crippen molar-refractivity contribution >= 4 is 43.1 Å². The first kappa shape index (κ1) is 12.6. The molecule has 2 aromatic carbocycles. The number of hydrogen-bond donors (Lipinski definition) is 1. The minimum Gasteiger partial charge on any atom is -0.508 e. The first-order valence-corrected chi connectivity index (χ1v) is 6.47. The number of benzene rings is 2. The minimum absolute atomic E-state index is 0.0844. The van der Waals surface area contributed by atoms with Gasteiger partial charge in [-0.3, -0.25) is 0 Å². The number of fused-ring (bicyclic) bond motifs is 3. The molecule has 0 aliphatic carbocycles. The van der Waals surface area contributed by atoms with Crippen LogP contribution in [0.15, 0.2) is 30.3 Å². The van der Waals surface area contributed by atoms with Crippen LogP contribution in [0.4, 0.5) is 13.2 Å². The Bertz CT molecular complexity index is 792. The minimum atomic E-state index is -4.48. The van der Waals surface area contributed by atoms with Crippen LogP contribution >= 0.6 is 22.9 Å². The van der Waals surface area contributed by atoms with Gasteiger partial charge in [0.25, 0.3) is 0 Å². The van der Waals surface area contributed by atoms with Crippen molar-refractivity contribution in [2.45, 2.75) is 6.18 Å². The summed E-state index contributed by atoms with van der Waals surface area (Å²) in [6.45, 7) is 0. The largest absolute Gasteiger partial charge is 0.508 e. The van der Waals surface area contributed by atoms with E-state index in [2.05, 4.69) is 0 Å². The summed E-state index contributed by atoms with van der Waals surface area (Å²) in [4.78, 5) is 0. The number of alkyl halides is 3. The van der Waals surface area contributed by atoms with Gasteiger partial charge in [-0.1, -0.05) is 11.6 Å². The molecule has 3 rings (SSSR count). The van der Waals surface area contributed by atoms with E-state index < -0.39 is 11.7 Å². The lowest BCUT2D eigenvalue weighted by Crippen LogP contribution is -2.05. The highest BCUT2D eigenvalue weighted by molar-refractivity contribution is 7.25. The monoisotopic (exact) mass is 302 g/mol. The molecule has 6 heteroatoms. The fourth-order valence-corrected chi connectivity index (χ4v) is 3.50. The second-order valence-corrected chi connectivity index (χ2v) is 5.60. The van der Waals surface area contributed by atoms with Crippen LogP contribution in [0.1, 0.15) is 5.56 Å². The molecule has 3 aromatic rings. The molecule has 1 aromatic heterocycles. The van der Waals surface area contributed by atoms with Gasteiger partial charge in [-0.05, 0) is 30.3 Å². The van der Waals surface area contributed by atoms with Gasteiger partial charge in [-0.2, -0.15) is 13.2 Å². The van der Waals surface area contributed by atoms with E-state index in [4.69, 9.17) is 11.6 Å². The molecule has 0 saturated carbocycles. The Balaban J connectivity index is 2.41. The van der Waals surface area contributed by atoms with Gasteiger partial charge >= 0.3 is 6.18 Å². The normalized spacial score (nSPS) is 12.4. The molecule has 19 heavy (non-hydrogen) atoms. The molecule has 0 spiro atoms. The predicted octanol–water partition coefficient (Wildman–Crippen LogP) is 5.43. The van der Waals surface area contributed by atoms with E-state index in [-0.39, 0.29) is 10.8 Å². The molecule has 98 valence electrons. The highest BCUT2D eigenvalue weighted by atomic mass is 35.5. The third-order valence-corrected chi connectivity index (χ3v) is 4.28. The topological polar surface area (TPSA) is 20.2 Å². The van der Waals surface area contributed by atoms with Crippen LogP contribution in [0, 0.1) is 0 Å². The van der Waals surface area contributed by atoms with Gasteiger partial charge in [0.15, 0.2) is 0 Å². The molecular weight excluding hydrogens is 297 g/mol. The van der Waals surface area contributed by atoms with E-state index in [9.17, 15) is 18.3 Å². The quantitative estimate of drug-likeness (QED) is 0.587. The van der Waals surface area contributed by atoms with Crippen molar-refractivity contribution in [3.05, 3.63) is 40.9 Å². The Morgan fingerprint density at radius 1 is 1.00 bits per heavy atom. The molecule has 1 N–H and O–H groups in total. The molecular formula is C13H6ClF3OS. The van der Waals surface area contributed by atoms with Crippen LogP contribution in [-0.2, 0) is 6.18 Å². The van der Waals surface area contributed by atoms with Gasteiger partial charge < -0.3 is 5.11 Å². The molecule has 0 unspecified atom stereocenters. The fraction of sp³-hybridized carbons (Fsp3) is 0.0769. The lowest BCUT2D eigenvalue weighted by molar-refractivity contribution is -0.137. The highest BCUT2D eigenvalue weighted by Gasteiger charge is 2.33. The molecule has 1 nitrogen and oxygen atoms in total. The van der Waals surface area contributed by atoms with E-state index >= 15 is 0 Å². The Morgan fingerprint density at radius 2 is 1.68 bits per heavy atom. The van der Waals surface area contributed by atoms with Gasteiger partial charge in [0.2, 0.25) is 0 Å². The number of hydrogen-bond acceptors (Lipinski definition) is 2. The third kappa shape index (κ3) is 2.03. The number of aromatic hydroxyl groups is 1. The van der Waals surface area contributed by atoms with Crippen LogP contribution in [0.5, 0.6) is 5.75 Å². The van der Waals surface area contributed by atoms with Gasteiger partial charge in [-0.25, -0.2) is 0 Å². The average Bonchev–Trinajstić information content (AvgIpc) is 2.62. The average molecular weight is 303 g/mol. The Morgan fingerprint density at radius 3 is 2.37 bits per heavy atom. The molecule has 0 aliphatic rings. The Labute approximate surface area is 114 Å². The SMILES string of the molecule is Oc1ccc2c(c1)sc1cc(Cl)c(C(F)(F)F)cc12. The maximum Gasteiger partial charge on any atom is 0.417 e. The van der Waals surface area contributed by atoms with E-state index in [1.165, 1.54) is 29.5 Å². The standard InChI is InChI=1S/C13H6ClF3OS/c14-10-5-12-8(4-9(10)13(15,16)17)7-2-1-6(18)3-11(7)19-12/h1-5,18H. The van der Waals surface area contributed by atoms with E-state index in [0.29, 0.717) is 15.5 Å². The summed E-state index contributed by atoms with van der Waals surface area (Å²) < 4.78 is 39.9. The van der Waals surface area contributed by atoms with Crippen LogP contribution in [0.3, 0.4) is 0 Å². The lowest BCUT2D eigenvalue weighted by Gasteiger charge is -2.08. The zero-order valence-electron chi connectivity index (χ0n) is 9.25. The summed E-state index contributed by atoms with van der Waals surface area (Å²) in [6.07, 6.45) is -4.48. The van der Waals surface area contributed by atoms with Crippen LogP contribution in [0.2, 0.25) is 5.02 Å². The first-order valence-electron chi connectivity index (χ1n) is 5.28. The summed E-state index contributed by atoms with van der Waals surface area (Å²) >= 11 is 6.98. The number of phenols is 1. The molecule has 0 radical (unpaired) electrons. The molecule has 0 aliphatic heterocycles. The second-order valence-electron chi connectivity index (χ2n) is 4.11. The smallest absolute Gasteiger partial charge is 0.417 e. The molecule has 0 bridgehead atoms. The van der Waals surface area contributed by atoms with E-state index in [1.807, 2.05) is 0 Å². The number of halogens is 4. The first-order chi connectivity index (χ1) is 8.86. The number of phenolic OH excluding ortho intramolecular Hbond substituents is 1. The lowest BCUT2D eigenvalue weighted by atomic mass is 10.1. The highest BCUT2D eigenvalue weighted by Crippen LogP contribution is 2.42. The van der Waals surface area contributed by atoms with E-state index in [1.54, 1.807) is 6.07 Å². The fourth-order valence-electron chi connectivity index (χ4n) is 2.00. The zero-order valence-corrected chi connectivity index (χ0v) is 10.8. The zero-order chi connectivity index (χ0) is 13.8. The number of thiophene rings is 1. The third-order valence-electron chi connectivity index (χ3n) is 2.85. The van der Waals surface area contributed by atoms with Gasteiger partial charge in [-0.15, -0.1) is 11.3 Å². The summed E-state index contributed by atoms with van der Waals surface area (Å²) in [6, 6.07) is 6.98. The molecule has 1 heterocycles. The summed E-state index contributed by atoms with van der Waals surface area (Å²) in [5, 5.41) is 10.3. The van der Waals surface area contributed by atoms with Crippen LogP contribution in [0.25, 0.3) is 20.2 Å². The van der Waals surface area contributed by atoms with Crippen molar-refractivity contribution in [3.8, 4) is 5.75 Å². The molecule has 0 amide bonds. The van der Waals surface area contributed by atoms with E-state index in [0.717, 1.165) is 10.8 Å². The van der Waals surface area contributed by atoms with Crippen LogP contribution in [-0.4, -0.2) is 5.11 Å². The molecule has 0 saturated heterocycles. The molecule has 0 atom stereocenters. The van der Waals surface area contributed by atoms with Gasteiger partial charge in [0.05, 0.1) is 10.6 Å².